The molecule has 1 heterocycles. The van der Waals surface area contributed by atoms with Gasteiger partial charge in [0.05, 0.1) is 0 Å². The fraction of sp³-hybridized carbons (Fsp3) is 0.167. The summed E-state index contributed by atoms with van der Waals surface area (Å²) in [5.74, 6) is -0.456. The van der Waals surface area contributed by atoms with Crippen molar-refractivity contribution < 1.29 is 13.9 Å². The maximum Gasteiger partial charge on any atom is 0.407 e. The van der Waals surface area contributed by atoms with E-state index in [4.69, 9.17) is 4.74 Å². The number of rotatable bonds is 5. The van der Waals surface area contributed by atoms with Crippen LogP contribution in [0.25, 0.3) is 17.2 Å². The van der Waals surface area contributed by atoms with Crippen LogP contribution in [0.5, 0.6) is 0 Å². The van der Waals surface area contributed by atoms with Crippen molar-refractivity contribution in [2.24, 2.45) is 0 Å². The molecule has 0 aliphatic heterocycles. The highest BCUT2D eigenvalue weighted by atomic mass is 19.1. The molecule has 1 amide bonds. The van der Waals surface area contributed by atoms with Crippen LogP contribution in [0.15, 0.2) is 66.9 Å². The molecule has 0 saturated carbocycles. The van der Waals surface area contributed by atoms with Crippen molar-refractivity contribution >= 4 is 12.2 Å². The van der Waals surface area contributed by atoms with E-state index in [-0.39, 0.29) is 12.5 Å². The number of ether oxygens (including phenoxy) is 1. The van der Waals surface area contributed by atoms with Gasteiger partial charge >= 0.3 is 6.09 Å². The quantitative estimate of drug-likeness (QED) is 0.620. The van der Waals surface area contributed by atoms with Crippen molar-refractivity contribution in [2.45, 2.75) is 12.8 Å². The first-order valence-electron chi connectivity index (χ1n) is 9.51. The van der Waals surface area contributed by atoms with Gasteiger partial charge in [0.25, 0.3) is 0 Å². The predicted molar refractivity (Wildman–Crippen MR) is 111 cm³/mol. The first kappa shape index (κ1) is 18.9. The minimum Gasteiger partial charge on any atom is -0.449 e. The van der Waals surface area contributed by atoms with E-state index < -0.39 is 12.0 Å². The Morgan fingerprint density at radius 2 is 1.76 bits per heavy atom. The molecule has 1 aliphatic carbocycles. The Hall–Kier alpha value is -3.47. The molecule has 4 rings (SSSR count). The molecule has 0 radical (unpaired) electrons. The number of nitrogens with zero attached hydrogens (tertiary/aromatic N) is 1. The second-order valence-electron chi connectivity index (χ2n) is 6.92. The van der Waals surface area contributed by atoms with E-state index in [1.54, 1.807) is 25.1 Å². The molecule has 2 aromatic carbocycles. The molecule has 0 bridgehead atoms. The number of halogens is 1. The number of pyridine rings is 1. The van der Waals surface area contributed by atoms with Crippen molar-refractivity contribution in [3.63, 3.8) is 0 Å². The Bertz CT molecular complexity index is 1030. The van der Waals surface area contributed by atoms with Crippen LogP contribution in [0.3, 0.4) is 0 Å². The number of benzene rings is 2. The molecule has 0 saturated heterocycles. The van der Waals surface area contributed by atoms with E-state index in [0.29, 0.717) is 12.1 Å². The van der Waals surface area contributed by atoms with Crippen LogP contribution in [0, 0.1) is 12.9 Å². The van der Waals surface area contributed by atoms with Gasteiger partial charge in [0.1, 0.15) is 6.61 Å². The molecule has 0 atom stereocenters. The number of alkyl carbamates (subject to hydrolysis) is 1. The van der Waals surface area contributed by atoms with Gasteiger partial charge in [0.2, 0.25) is 5.95 Å². The molecule has 1 aromatic heterocycles. The summed E-state index contributed by atoms with van der Waals surface area (Å²) in [5.41, 5.74) is 5.95. The zero-order chi connectivity index (χ0) is 20.2. The normalized spacial score (nSPS) is 12.6. The standard InChI is InChI=1S/C24H21FN2O2/c1-16-17(12-14-26-23(16)25)7-6-13-27-24(28)29-15-22-20-10-4-2-8-18(20)19-9-3-5-11-21(19)22/h2-12,14,22H,13,15H2,1H3,(H,27,28). The van der Waals surface area contributed by atoms with E-state index in [1.165, 1.54) is 28.5 Å². The molecule has 0 unspecified atom stereocenters. The molecule has 5 heteroatoms. The van der Waals surface area contributed by atoms with Gasteiger partial charge in [-0.05, 0) is 40.8 Å². The summed E-state index contributed by atoms with van der Waals surface area (Å²) in [6.45, 7) is 2.24. The number of aromatic nitrogens is 1. The average molecular weight is 388 g/mol. The van der Waals surface area contributed by atoms with Gasteiger partial charge in [0, 0.05) is 24.2 Å². The van der Waals surface area contributed by atoms with E-state index in [9.17, 15) is 9.18 Å². The SMILES string of the molecule is Cc1c(C=CCNC(=O)OCC2c3ccccc3-c3ccccc32)ccnc1F. The Morgan fingerprint density at radius 3 is 2.45 bits per heavy atom. The largest absolute Gasteiger partial charge is 0.449 e. The zero-order valence-corrected chi connectivity index (χ0v) is 16.1. The highest BCUT2D eigenvalue weighted by Crippen LogP contribution is 2.44. The van der Waals surface area contributed by atoms with Crippen LogP contribution in [0.1, 0.15) is 28.2 Å². The number of hydrogen-bond acceptors (Lipinski definition) is 3. The third-order valence-corrected chi connectivity index (χ3v) is 5.19. The molecule has 0 spiro atoms. The maximum atomic E-state index is 13.4. The van der Waals surface area contributed by atoms with Gasteiger partial charge < -0.3 is 10.1 Å². The van der Waals surface area contributed by atoms with Crippen LogP contribution in [-0.2, 0) is 4.74 Å². The van der Waals surface area contributed by atoms with Crippen molar-refractivity contribution in [1.29, 1.82) is 0 Å². The fourth-order valence-electron chi connectivity index (χ4n) is 3.68. The summed E-state index contributed by atoms with van der Waals surface area (Å²) in [6.07, 6.45) is 4.45. The number of nitrogens with one attached hydrogen (secondary N) is 1. The summed E-state index contributed by atoms with van der Waals surface area (Å²) in [4.78, 5) is 15.7. The van der Waals surface area contributed by atoms with Gasteiger partial charge in [-0.3, -0.25) is 0 Å². The lowest BCUT2D eigenvalue weighted by molar-refractivity contribution is 0.144. The Morgan fingerprint density at radius 1 is 1.10 bits per heavy atom. The summed E-state index contributed by atoms with van der Waals surface area (Å²) in [7, 11) is 0. The van der Waals surface area contributed by atoms with Crippen LogP contribution < -0.4 is 5.32 Å². The first-order valence-corrected chi connectivity index (χ1v) is 9.51. The van der Waals surface area contributed by atoms with Crippen molar-refractivity contribution in [2.75, 3.05) is 13.2 Å². The minimum atomic E-state index is -0.489. The molecule has 1 N–H and O–H groups in total. The van der Waals surface area contributed by atoms with E-state index in [0.717, 1.165) is 5.56 Å². The number of carbonyl (C=O) groups excluding carboxylic acids is 1. The fourth-order valence-corrected chi connectivity index (χ4v) is 3.68. The van der Waals surface area contributed by atoms with Crippen molar-refractivity contribution in [1.82, 2.24) is 10.3 Å². The Labute approximate surface area is 169 Å². The number of carbonyl (C=O) groups is 1. The second kappa shape index (κ2) is 8.27. The number of amides is 1. The average Bonchev–Trinajstić information content (AvgIpc) is 3.06. The zero-order valence-electron chi connectivity index (χ0n) is 16.1. The van der Waals surface area contributed by atoms with Gasteiger partial charge in [0.15, 0.2) is 0 Å². The smallest absolute Gasteiger partial charge is 0.407 e. The lowest BCUT2D eigenvalue weighted by Gasteiger charge is -2.14. The topological polar surface area (TPSA) is 51.2 Å². The first-order chi connectivity index (χ1) is 14.1. The summed E-state index contributed by atoms with van der Waals surface area (Å²) < 4.78 is 18.9. The van der Waals surface area contributed by atoms with Crippen LogP contribution in [0.2, 0.25) is 0 Å². The highest BCUT2D eigenvalue weighted by Gasteiger charge is 2.28. The Kier molecular flexibility index (Phi) is 5.38. The lowest BCUT2D eigenvalue weighted by Crippen LogP contribution is -2.26. The third kappa shape index (κ3) is 3.90. The molecule has 1 aliphatic rings. The second-order valence-corrected chi connectivity index (χ2v) is 6.92. The van der Waals surface area contributed by atoms with Crippen LogP contribution in [0.4, 0.5) is 9.18 Å². The molecule has 146 valence electrons. The number of hydrogen-bond donors (Lipinski definition) is 1. The summed E-state index contributed by atoms with van der Waals surface area (Å²) in [6, 6.07) is 18.1. The van der Waals surface area contributed by atoms with E-state index in [1.807, 2.05) is 24.3 Å². The van der Waals surface area contributed by atoms with Crippen LogP contribution >= 0.6 is 0 Å². The van der Waals surface area contributed by atoms with Crippen molar-refractivity contribution in [3.05, 3.63) is 95.1 Å². The van der Waals surface area contributed by atoms with Gasteiger partial charge in [-0.1, -0.05) is 60.7 Å². The lowest BCUT2D eigenvalue weighted by atomic mass is 9.98. The molecular formula is C24H21FN2O2. The van der Waals surface area contributed by atoms with E-state index >= 15 is 0 Å². The molecule has 4 nitrogen and oxygen atoms in total. The van der Waals surface area contributed by atoms with Crippen LogP contribution in [-0.4, -0.2) is 24.2 Å². The molecule has 3 aromatic rings. The predicted octanol–water partition coefficient (Wildman–Crippen LogP) is 5.08. The number of fused-ring (bicyclic) bond motifs is 3. The van der Waals surface area contributed by atoms with Gasteiger partial charge in [-0.2, -0.15) is 4.39 Å². The maximum absolute atomic E-state index is 13.4. The minimum absolute atomic E-state index is 0.0335. The van der Waals surface area contributed by atoms with Gasteiger partial charge in [-0.25, -0.2) is 9.78 Å². The van der Waals surface area contributed by atoms with Gasteiger partial charge in [-0.15, -0.1) is 0 Å². The summed E-state index contributed by atoms with van der Waals surface area (Å²) in [5, 5.41) is 2.70. The highest BCUT2D eigenvalue weighted by molar-refractivity contribution is 5.79. The van der Waals surface area contributed by atoms with E-state index in [2.05, 4.69) is 34.6 Å². The summed E-state index contributed by atoms with van der Waals surface area (Å²) >= 11 is 0. The molecule has 0 fully saturated rings. The molecular weight excluding hydrogens is 367 g/mol. The molecule has 29 heavy (non-hydrogen) atoms. The third-order valence-electron chi connectivity index (χ3n) is 5.19. The monoisotopic (exact) mass is 388 g/mol. The van der Waals surface area contributed by atoms with Crippen molar-refractivity contribution in [3.8, 4) is 11.1 Å². The Balaban J connectivity index is 1.34.